The van der Waals surface area contributed by atoms with Crippen LogP contribution in [0.5, 0.6) is 0 Å². The summed E-state index contributed by atoms with van der Waals surface area (Å²) in [6.45, 7) is 2.05. The lowest BCUT2D eigenvalue weighted by molar-refractivity contribution is 0.523. The van der Waals surface area contributed by atoms with E-state index in [-0.39, 0.29) is 6.04 Å². The minimum Gasteiger partial charge on any atom is -0.459 e. The quantitative estimate of drug-likeness (QED) is 0.792. The van der Waals surface area contributed by atoms with Crippen molar-refractivity contribution in [3.63, 3.8) is 0 Å². The zero-order valence-electron chi connectivity index (χ0n) is 12.6. The van der Waals surface area contributed by atoms with E-state index in [1.54, 1.807) is 0 Å². The Kier molecular flexibility index (Phi) is 3.43. The molecule has 0 aliphatic carbocycles. The van der Waals surface area contributed by atoms with Gasteiger partial charge in [-0.2, -0.15) is 0 Å². The van der Waals surface area contributed by atoms with Gasteiger partial charge in [-0.25, -0.2) is 0 Å². The van der Waals surface area contributed by atoms with Crippen molar-refractivity contribution < 1.29 is 4.42 Å². The van der Waals surface area contributed by atoms with E-state index >= 15 is 0 Å². The Hall–Kier alpha value is -2.26. The van der Waals surface area contributed by atoms with Crippen LogP contribution in [0, 0.1) is 6.92 Å². The van der Waals surface area contributed by atoms with Crippen LogP contribution < -0.4 is 10.6 Å². The van der Waals surface area contributed by atoms with Crippen LogP contribution in [-0.2, 0) is 0 Å². The Balaban J connectivity index is 1.96. The molecule has 21 heavy (non-hydrogen) atoms. The molecule has 1 unspecified atom stereocenters. The summed E-state index contributed by atoms with van der Waals surface area (Å²) in [5, 5.41) is 1.10. The summed E-state index contributed by atoms with van der Waals surface area (Å²) < 4.78 is 5.96. The molecule has 3 heteroatoms. The zero-order chi connectivity index (χ0) is 15.0. The lowest BCUT2D eigenvalue weighted by Crippen LogP contribution is -2.12. The van der Waals surface area contributed by atoms with E-state index in [4.69, 9.17) is 10.2 Å². The number of furan rings is 1. The van der Waals surface area contributed by atoms with E-state index in [2.05, 4.69) is 35.2 Å². The lowest BCUT2D eigenvalue weighted by Gasteiger charge is -2.14. The first-order valence-electron chi connectivity index (χ1n) is 7.08. The van der Waals surface area contributed by atoms with Gasteiger partial charge in [0.1, 0.15) is 11.3 Å². The standard InChI is InChI=1S/C18H20N2O/c1-12-5-4-6-14-11-16(21-18(12)14)17(19)13-7-9-15(10-8-13)20(2)3/h4-11,17H,19H2,1-3H3. The van der Waals surface area contributed by atoms with Crippen LogP contribution in [0.15, 0.2) is 52.9 Å². The van der Waals surface area contributed by atoms with Gasteiger partial charge in [-0.3, -0.25) is 0 Å². The maximum atomic E-state index is 6.35. The number of benzene rings is 2. The van der Waals surface area contributed by atoms with Crippen molar-refractivity contribution in [3.05, 3.63) is 65.4 Å². The number of hydrogen-bond acceptors (Lipinski definition) is 3. The predicted octanol–water partition coefficient (Wildman–Crippen LogP) is 3.86. The van der Waals surface area contributed by atoms with Gasteiger partial charge in [-0.05, 0) is 36.2 Å². The van der Waals surface area contributed by atoms with Gasteiger partial charge in [0.2, 0.25) is 0 Å². The number of anilines is 1. The minimum absolute atomic E-state index is 0.243. The second-order valence-corrected chi connectivity index (χ2v) is 5.61. The normalized spacial score (nSPS) is 12.6. The van der Waals surface area contributed by atoms with Gasteiger partial charge in [-0.15, -0.1) is 0 Å². The average Bonchev–Trinajstić information content (AvgIpc) is 2.92. The molecule has 0 saturated heterocycles. The molecule has 2 N–H and O–H groups in total. The summed E-state index contributed by atoms with van der Waals surface area (Å²) in [7, 11) is 4.05. The molecule has 3 aromatic rings. The summed E-state index contributed by atoms with van der Waals surface area (Å²) in [5.41, 5.74) is 10.6. The Morgan fingerprint density at radius 2 is 1.76 bits per heavy atom. The molecule has 0 bridgehead atoms. The van der Waals surface area contributed by atoms with Gasteiger partial charge >= 0.3 is 0 Å². The van der Waals surface area contributed by atoms with Gasteiger partial charge in [0.15, 0.2) is 0 Å². The van der Waals surface area contributed by atoms with E-state index in [0.29, 0.717) is 0 Å². The highest BCUT2D eigenvalue weighted by molar-refractivity contribution is 5.81. The van der Waals surface area contributed by atoms with Crippen LogP contribution in [0.4, 0.5) is 5.69 Å². The highest BCUT2D eigenvalue weighted by Gasteiger charge is 2.15. The van der Waals surface area contributed by atoms with Crippen LogP contribution in [0.1, 0.15) is 22.9 Å². The second kappa shape index (κ2) is 5.26. The molecule has 1 aromatic heterocycles. The molecule has 0 aliphatic rings. The van der Waals surface area contributed by atoms with E-state index in [1.807, 2.05) is 39.2 Å². The third-order valence-corrected chi connectivity index (χ3v) is 3.84. The fraction of sp³-hybridized carbons (Fsp3) is 0.222. The smallest absolute Gasteiger partial charge is 0.137 e. The number of nitrogens with two attached hydrogens (primary N) is 1. The summed E-state index contributed by atoms with van der Waals surface area (Å²) >= 11 is 0. The average molecular weight is 280 g/mol. The fourth-order valence-electron chi connectivity index (χ4n) is 2.53. The van der Waals surface area contributed by atoms with Crippen molar-refractivity contribution in [2.75, 3.05) is 19.0 Å². The number of hydrogen-bond donors (Lipinski definition) is 1. The molecule has 0 radical (unpaired) electrons. The molecule has 0 saturated carbocycles. The predicted molar refractivity (Wildman–Crippen MR) is 87.8 cm³/mol. The molecule has 0 amide bonds. The molecule has 0 aliphatic heterocycles. The Bertz CT molecular complexity index is 756. The van der Waals surface area contributed by atoms with Crippen molar-refractivity contribution in [1.82, 2.24) is 0 Å². The summed E-state index contributed by atoms with van der Waals surface area (Å²) in [6.07, 6.45) is 0. The zero-order valence-corrected chi connectivity index (χ0v) is 12.6. The first kappa shape index (κ1) is 13.7. The first-order valence-corrected chi connectivity index (χ1v) is 7.08. The topological polar surface area (TPSA) is 42.4 Å². The highest BCUT2D eigenvalue weighted by Crippen LogP contribution is 2.29. The van der Waals surface area contributed by atoms with E-state index in [9.17, 15) is 0 Å². The number of nitrogens with zero attached hydrogens (tertiary/aromatic N) is 1. The van der Waals surface area contributed by atoms with E-state index < -0.39 is 0 Å². The van der Waals surface area contributed by atoms with Crippen LogP contribution in [0.25, 0.3) is 11.0 Å². The van der Waals surface area contributed by atoms with Crippen molar-refractivity contribution in [3.8, 4) is 0 Å². The van der Waals surface area contributed by atoms with Crippen molar-refractivity contribution in [2.24, 2.45) is 5.73 Å². The Labute approximate surface area is 125 Å². The monoisotopic (exact) mass is 280 g/mol. The maximum absolute atomic E-state index is 6.35. The molecule has 108 valence electrons. The largest absolute Gasteiger partial charge is 0.459 e. The van der Waals surface area contributed by atoms with Gasteiger partial charge in [0.05, 0.1) is 6.04 Å². The van der Waals surface area contributed by atoms with Gasteiger partial charge in [-0.1, -0.05) is 30.3 Å². The Morgan fingerprint density at radius 3 is 2.38 bits per heavy atom. The SMILES string of the molecule is Cc1cccc2cc(C(N)c3ccc(N(C)C)cc3)oc12. The van der Waals surface area contributed by atoms with Gasteiger partial charge in [0.25, 0.3) is 0 Å². The summed E-state index contributed by atoms with van der Waals surface area (Å²) in [5.74, 6) is 0.803. The lowest BCUT2D eigenvalue weighted by atomic mass is 10.0. The summed E-state index contributed by atoms with van der Waals surface area (Å²) in [6, 6.07) is 16.2. The van der Waals surface area contributed by atoms with Crippen LogP contribution in [-0.4, -0.2) is 14.1 Å². The first-order chi connectivity index (χ1) is 10.1. The maximum Gasteiger partial charge on any atom is 0.137 e. The molecular weight excluding hydrogens is 260 g/mol. The van der Waals surface area contributed by atoms with Crippen LogP contribution >= 0.6 is 0 Å². The Morgan fingerprint density at radius 1 is 1.05 bits per heavy atom. The van der Waals surface area contributed by atoms with Gasteiger partial charge in [0, 0.05) is 25.2 Å². The number of aryl methyl sites for hydroxylation is 1. The molecule has 1 heterocycles. The number of fused-ring (bicyclic) bond motifs is 1. The third kappa shape index (κ3) is 2.52. The molecular formula is C18H20N2O. The minimum atomic E-state index is -0.243. The van der Waals surface area contributed by atoms with Crippen molar-refractivity contribution in [1.29, 1.82) is 0 Å². The number of para-hydroxylation sites is 1. The molecule has 3 nitrogen and oxygen atoms in total. The molecule has 1 atom stereocenters. The molecule has 0 spiro atoms. The van der Waals surface area contributed by atoms with E-state index in [1.165, 1.54) is 0 Å². The molecule has 2 aromatic carbocycles. The van der Waals surface area contributed by atoms with Gasteiger partial charge < -0.3 is 15.1 Å². The molecule has 3 rings (SSSR count). The van der Waals surface area contributed by atoms with Crippen molar-refractivity contribution >= 4 is 16.7 Å². The third-order valence-electron chi connectivity index (χ3n) is 3.84. The highest BCUT2D eigenvalue weighted by atomic mass is 16.3. The number of rotatable bonds is 3. The molecule has 0 fully saturated rings. The second-order valence-electron chi connectivity index (χ2n) is 5.61. The van der Waals surface area contributed by atoms with Crippen molar-refractivity contribution in [2.45, 2.75) is 13.0 Å². The summed E-state index contributed by atoms with van der Waals surface area (Å²) in [4.78, 5) is 2.07. The van der Waals surface area contributed by atoms with E-state index in [0.717, 1.165) is 33.5 Å². The van der Waals surface area contributed by atoms with Crippen LogP contribution in [0.2, 0.25) is 0 Å². The fourth-order valence-corrected chi connectivity index (χ4v) is 2.53. The van der Waals surface area contributed by atoms with Crippen LogP contribution in [0.3, 0.4) is 0 Å².